The molecule has 10 nitrogen and oxygen atoms in total. The minimum absolute atomic E-state index is 0.0169. The number of rotatable bonds is 10. The standard InChI is InChI=1S/C23H19N3O7/c27-22(15-33-21-8-4-2-6-19(21)26(30)31)25-24-13-18-5-1-3-7-20(18)32-14-16-9-11-17(12-10-16)23(28)29/h1-13H,14-15H2,(H,25,27)(H,28,29)/b24-13+. The molecule has 10 heteroatoms. The second-order valence-corrected chi connectivity index (χ2v) is 6.64. The highest BCUT2D eigenvalue weighted by atomic mass is 16.6. The van der Waals surface area contributed by atoms with Crippen LogP contribution in [0.2, 0.25) is 0 Å². The summed E-state index contributed by atoms with van der Waals surface area (Å²) < 4.78 is 11.0. The number of nitro benzene ring substituents is 1. The Hall–Kier alpha value is -4.73. The van der Waals surface area contributed by atoms with Crippen molar-refractivity contribution in [3.05, 3.63) is 99.6 Å². The van der Waals surface area contributed by atoms with Crippen LogP contribution < -0.4 is 14.9 Å². The topological polar surface area (TPSA) is 140 Å². The fourth-order valence-corrected chi connectivity index (χ4v) is 2.70. The molecule has 3 aromatic rings. The van der Waals surface area contributed by atoms with Gasteiger partial charge in [0, 0.05) is 11.6 Å². The third-order valence-corrected chi connectivity index (χ3v) is 4.33. The molecule has 168 valence electrons. The van der Waals surface area contributed by atoms with Gasteiger partial charge in [0.2, 0.25) is 0 Å². The Labute approximate surface area is 188 Å². The minimum atomic E-state index is -1.00. The predicted octanol–water partition coefficient (Wildman–Crippen LogP) is 3.40. The molecule has 0 aliphatic rings. The smallest absolute Gasteiger partial charge is 0.335 e. The second kappa shape index (κ2) is 11.0. The van der Waals surface area contributed by atoms with Crippen molar-refractivity contribution >= 4 is 23.8 Å². The molecule has 2 N–H and O–H groups in total. The maximum Gasteiger partial charge on any atom is 0.335 e. The molecule has 0 saturated carbocycles. The Balaban J connectivity index is 1.54. The maximum atomic E-state index is 12.0. The molecule has 0 bridgehead atoms. The number of nitrogens with zero attached hydrogens (tertiary/aromatic N) is 2. The first-order valence-electron chi connectivity index (χ1n) is 9.66. The third-order valence-electron chi connectivity index (χ3n) is 4.33. The highest BCUT2D eigenvalue weighted by Crippen LogP contribution is 2.25. The van der Waals surface area contributed by atoms with Gasteiger partial charge < -0.3 is 14.6 Å². The molecule has 33 heavy (non-hydrogen) atoms. The summed E-state index contributed by atoms with van der Waals surface area (Å²) in [7, 11) is 0. The molecule has 1 amide bonds. The Morgan fingerprint density at radius 3 is 2.33 bits per heavy atom. The Kier molecular flexibility index (Phi) is 7.68. The normalized spacial score (nSPS) is 10.5. The number of aromatic carboxylic acids is 1. The van der Waals surface area contributed by atoms with E-state index in [0.29, 0.717) is 11.3 Å². The molecule has 0 heterocycles. The largest absolute Gasteiger partial charge is 0.488 e. The number of amides is 1. The van der Waals surface area contributed by atoms with Crippen LogP contribution in [0.4, 0.5) is 5.69 Å². The van der Waals surface area contributed by atoms with Crippen molar-refractivity contribution in [2.45, 2.75) is 6.61 Å². The molecule has 3 rings (SSSR count). The summed E-state index contributed by atoms with van der Waals surface area (Å²) in [5.74, 6) is -1.11. The van der Waals surface area contributed by atoms with E-state index in [-0.39, 0.29) is 23.6 Å². The summed E-state index contributed by atoms with van der Waals surface area (Å²) in [6.07, 6.45) is 1.39. The van der Waals surface area contributed by atoms with E-state index < -0.39 is 23.4 Å². The van der Waals surface area contributed by atoms with E-state index in [2.05, 4.69) is 10.5 Å². The van der Waals surface area contributed by atoms with Crippen LogP contribution in [0.3, 0.4) is 0 Å². The molecule has 0 aliphatic carbocycles. The fraction of sp³-hybridized carbons (Fsp3) is 0.0870. The van der Waals surface area contributed by atoms with Crippen molar-refractivity contribution in [1.82, 2.24) is 5.43 Å². The summed E-state index contributed by atoms with van der Waals surface area (Å²) in [5.41, 5.74) is 3.62. The number of carboxylic acids is 1. The first kappa shape index (κ1) is 22.9. The van der Waals surface area contributed by atoms with Crippen LogP contribution in [0.1, 0.15) is 21.5 Å². The van der Waals surface area contributed by atoms with Crippen LogP contribution in [0.15, 0.2) is 77.9 Å². The number of benzene rings is 3. The Morgan fingerprint density at radius 2 is 1.64 bits per heavy atom. The van der Waals surface area contributed by atoms with Gasteiger partial charge in [-0.15, -0.1) is 0 Å². The van der Waals surface area contributed by atoms with Gasteiger partial charge >= 0.3 is 11.7 Å². The lowest BCUT2D eigenvalue weighted by Crippen LogP contribution is -2.24. The Morgan fingerprint density at radius 1 is 0.970 bits per heavy atom. The number of ether oxygens (including phenoxy) is 2. The molecule has 0 unspecified atom stereocenters. The highest BCUT2D eigenvalue weighted by Gasteiger charge is 2.14. The molecule has 0 radical (unpaired) electrons. The van der Waals surface area contributed by atoms with Crippen LogP contribution in [-0.4, -0.2) is 34.7 Å². The van der Waals surface area contributed by atoms with Gasteiger partial charge in [0.25, 0.3) is 5.91 Å². The predicted molar refractivity (Wildman–Crippen MR) is 119 cm³/mol. The quantitative estimate of drug-likeness (QED) is 0.275. The van der Waals surface area contributed by atoms with Crippen molar-refractivity contribution in [2.75, 3.05) is 6.61 Å². The van der Waals surface area contributed by atoms with Crippen molar-refractivity contribution < 1.29 is 29.1 Å². The van der Waals surface area contributed by atoms with Gasteiger partial charge in [-0.05, 0) is 35.9 Å². The average Bonchev–Trinajstić information content (AvgIpc) is 2.82. The number of nitro groups is 1. The summed E-state index contributed by atoms with van der Waals surface area (Å²) >= 11 is 0. The number of carboxylic acid groups (broad SMARTS) is 1. The van der Waals surface area contributed by atoms with Gasteiger partial charge in [0.15, 0.2) is 12.4 Å². The molecule has 0 aromatic heterocycles. The van der Waals surface area contributed by atoms with Gasteiger partial charge in [0.05, 0.1) is 16.7 Å². The minimum Gasteiger partial charge on any atom is -0.488 e. The van der Waals surface area contributed by atoms with Crippen LogP contribution in [0, 0.1) is 10.1 Å². The summed E-state index contributed by atoms with van der Waals surface area (Å²) in [4.78, 5) is 33.3. The molecular weight excluding hydrogens is 430 g/mol. The van der Waals surface area contributed by atoms with Crippen LogP contribution in [0.25, 0.3) is 0 Å². The van der Waals surface area contributed by atoms with Crippen molar-refractivity contribution in [3.8, 4) is 11.5 Å². The van der Waals surface area contributed by atoms with Gasteiger partial charge in [-0.25, -0.2) is 10.2 Å². The van der Waals surface area contributed by atoms with Gasteiger partial charge in [0.1, 0.15) is 12.4 Å². The number of hydrogen-bond donors (Lipinski definition) is 2. The Bertz CT molecular complexity index is 1180. The summed E-state index contributed by atoms with van der Waals surface area (Å²) in [5, 5.41) is 23.8. The monoisotopic (exact) mass is 449 g/mol. The van der Waals surface area contributed by atoms with E-state index in [9.17, 15) is 19.7 Å². The van der Waals surface area contributed by atoms with Crippen molar-refractivity contribution in [3.63, 3.8) is 0 Å². The van der Waals surface area contributed by atoms with E-state index in [0.717, 1.165) is 5.56 Å². The number of hydrogen-bond acceptors (Lipinski definition) is 7. The highest BCUT2D eigenvalue weighted by molar-refractivity contribution is 5.87. The van der Waals surface area contributed by atoms with E-state index >= 15 is 0 Å². The zero-order valence-corrected chi connectivity index (χ0v) is 17.2. The average molecular weight is 449 g/mol. The van der Waals surface area contributed by atoms with Crippen LogP contribution >= 0.6 is 0 Å². The number of nitrogens with one attached hydrogen (secondary N) is 1. The molecule has 0 atom stereocenters. The molecule has 0 aliphatic heterocycles. The molecule has 0 spiro atoms. The van der Waals surface area contributed by atoms with E-state index in [1.54, 1.807) is 42.5 Å². The fourth-order valence-electron chi connectivity index (χ4n) is 2.70. The number of para-hydroxylation sites is 3. The van der Waals surface area contributed by atoms with E-state index in [1.165, 1.54) is 36.5 Å². The molecule has 0 saturated heterocycles. The second-order valence-electron chi connectivity index (χ2n) is 6.64. The van der Waals surface area contributed by atoms with E-state index in [1.807, 2.05) is 0 Å². The molecule has 3 aromatic carbocycles. The first-order chi connectivity index (χ1) is 15.9. The van der Waals surface area contributed by atoms with Crippen LogP contribution in [0.5, 0.6) is 11.5 Å². The van der Waals surface area contributed by atoms with Gasteiger partial charge in [-0.3, -0.25) is 14.9 Å². The summed E-state index contributed by atoms with van der Waals surface area (Å²) in [6.45, 7) is -0.243. The van der Waals surface area contributed by atoms with Crippen molar-refractivity contribution in [2.24, 2.45) is 5.10 Å². The third kappa shape index (κ3) is 6.62. The zero-order chi connectivity index (χ0) is 23.6. The lowest BCUT2D eigenvalue weighted by molar-refractivity contribution is -0.385. The maximum absolute atomic E-state index is 12.0. The number of carbonyl (C=O) groups excluding carboxylic acids is 1. The lowest BCUT2D eigenvalue weighted by Gasteiger charge is -2.09. The van der Waals surface area contributed by atoms with Crippen molar-refractivity contribution in [1.29, 1.82) is 0 Å². The SMILES string of the molecule is O=C(COc1ccccc1[N+](=O)[O-])N/N=C/c1ccccc1OCc1ccc(C(=O)O)cc1. The van der Waals surface area contributed by atoms with Gasteiger partial charge in [-0.2, -0.15) is 5.10 Å². The lowest BCUT2D eigenvalue weighted by atomic mass is 10.1. The van der Waals surface area contributed by atoms with Crippen LogP contribution in [-0.2, 0) is 11.4 Å². The van der Waals surface area contributed by atoms with Gasteiger partial charge in [-0.1, -0.05) is 36.4 Å². The van der Waals surface area contributed by atoms with E-state index in [4.69, 9.17) is 14.6 Å². The first-order valence-corrected chi connectivity index (χ1v) is 9.66. The number of hydrazone groups is 1. The molecule has 0 fully saturated rings. The zero-order valence-electron chi connectivity index (χ0n) is 17.2. The summed E-state index contributed by atoms with van der Waals surface area (Å²) in [6, 6.07) is 19.1. The molecular formula is C23H19N3O7. The number of carbonyl (C=O) groups is 2.